The van der Waals surface area contributed by atoms with Gasteiger partial charge in [-0.3, -0.25) is 9.59 Å². The molecule has 0 bridgehead atoms. The number of hydrogen-bond acceptors (Lipinski definition) is 8. The zero-order valence-corrected chi connectivity index (χ0v) is 24.2. The van der Waals surface area contributed by atoms with Crippen molar-refractivity contribution in [1.82, 2.24) is 0 Å². The molecular formula is C33H42O8. The van der Waals surface area contributed by atoms with Gasteiger partial charge in [0.2, 0.25) is 0 Å². The number of hydrogen-bond donors (Lipinski definition) is 3. The molecule has 1 fully saturated rings. The van der Waals surface area contributed by atoms with Gasteiger partial charge in [-0.15, -0.1) is 0 Å². The Morgan fingerprint density at radius 1 is 1.02 bits per heavy atom. The largest absolute Gasteiger partial charge is 0.504 e. The Labute approximate surface area is 241 Å². The number of aliphatic hydroxyl groups is 1. The highest BCUT2D eigenvalue weighted by atomic mass is 16.5. The Bertz CT molecular complexity index is 1250. The highest BCUT2D eigenvalue weighted by Crippen LogP contribution is 2.50. The fourth-order valence-electron chi connectivity index (χ4n) is 6.64. The standard InChI is InChI=1S/C33H42O8/c1-20(35)41-26(10-5-21-6-11-30(37)32(15-21)39-2)17-25(36)18-29-27-14-22(12-13-34)4-7-23(27)8-9-24-16-31(38)33(40-3)19-28(24)29/h6,8-9,11,15-16,19,22-23,26-27,29,34,37-38H,4-5,7,10,12-14,17-18H2,1-3H3. The van der Waals surface area contributed by atoms with Crippen LogP contribution in [-0.4, -0.2) is 54.0 Å². The molecule has 0 aliphatic heterocycles. The number of ketones is 1. The molecule has 2 aliphatic carbocycles. The van der Waals surface area contributed by atoms with Gasteiger partial charge in [0.05, 0.1) is 14.2 Å². The van der Waals surface area contributed by atoms with Crippen molar-refractivity contribution in [3.63, 3.8) is 0 Å². The van der Waals surface area contributed by atoms with E-state index in [0.717, 1.165) is 42.4 Å². The van der Waals surface area contributed by atoms with Crippen molar-refractivity contribution in [1.29, 1.82) is 0 Å². The van der Waals surface area contributed by atoms with Gasteiger partial charge in [0.1, 0.15) is 11.9 Å². The van der Waals surface area contributed by atoms with E-state index < -0.39 is 12.1 Å². The van der Waals surface area contributed by atoms with Gasteiger partial charge in [0, 0.05) is 26.4 Å². The van der Waals surface area contributed by atoms with Crippen molar-refractivity contribution in [2.75, 3.05) is 20.8 Å². The van der Waals surface area contributed by atoms with Crippen LogP contribution in [0.4, 0.5) is 0 Å². The molecule has 2 aliphatic rings. The Morgan fingerprint density at radius 3 is 2.49 bits per heavy atom. The van der Waals surface area contributed by atoms with E-state index in [1.807, 2.05) is 6.07 Å². The quantitative estimate of drug-likeness (QED) is 0.286. The number of benzene rings is 2. The number of phenols is 2. The number of phenolic OH excluding ortho intramolecular Hbond substituents is 2. The number of rotatable bonds is 12. The molecule has 0 radical (unpaired) electrons. The second kappa shape index (κ2) is 13.9. The van der Waals surface area contributed by atoms with E-state index in [9.17, 15) is 24.9 Å². The first-order valence-electron chi connectivity index (χ1n) is 14.5. The SMILES string of the molecule is COc1cc(CCC(CC(=O)CC2c3cc(OC)c(O)cc3C=CC3CCC(CCO)CC32)OC(C)=O)ccc1O. The summed E-state index contributed by atoms with van der Waals surface area (Å²) in [5.74, 6) is 1.20. The number of methoxy groups -OCH3 is 2. The highest BCUT2D eigenvalue weighted by Gasteiger charge is 2.38. The lowest BCUT2D eigenvalue weighted by atomic mass is 9.65. The maximum absolute atomic E-state index is 13.7. The van der Waals surface area contributed by atoms with Gasteiger partial charge < -0.3 is 29.5 Å². The van der Waals surface area contributed by atoms with E-state index in [1.165, 1.54) is 21.1 Å². The van der Waals surface area contributed by atoms with Crippen LogP contribution in [0, 0.1) is 17.8 Å². The van der Waals surface area contributed by atoms with Gasteiger partial charge >= 0.3 is 5.97 Å². The van der Waals surface area contributed by atoms with Crippen molar-refractivity contribution in [3.05, 3.63) is 53.1 Å². The average Bonchev–Trinajstić information content (AvgIpc) is 3.08. The zero-order valence-electron chi connectivity index (χ0n) is 24.2. The number of carbonyl (C=O) groups is 2. The molecule has 0 spiro atoms. The van der Waals surface area contributed by atoms with Gasteiger partial charge in [-0.25, -0.2) is 0 Å². The molecule has 0 aromatic heterocycles. The van der Waals surface area contributed by atoms with Crippen LogP contribution < -0.4 is 9.47 Å². The van der Waals surface area contributed by atoms with Gasteiger partial charge in [0.15, 0.2) is 23.0 Å². The van der Waals surface area contributed by atoms with Crippen LogP contribution in [0.15, 0.2) is 36.4 Å². The first-order chi connectivity index (χ1) is 19.7. The van der Waals surface area contributed by atoms with Crippen LogP contribution in [0.25, 0.3) is 6.08 Å². The van der Waals surface area contributed by atoms with Crippen LogP contribution >= 0.6 is 0 Å². The summed E-state index contributed by atoms with van der Waals surface area (Å²) in [7, 11) is 3.00. The molecule has 5 atom stereocenters. The topological polar surface area (TPSA) is 123 Å². The number of carbonyl (C=O) groups excluding carboxylic acids is 2. The van der Waals surface area contributed by atoms with Gasteiger partial charge in [-0.2, -0.15) is 0 Å². The molecule has 8 nitrogen and oxygen atoms in total. The van der Waals surface area contributed by atoms with E-state index in [-0.39, 0.29) is 54.5 Å². The van der Waals surface area contributed by atoms with Crippen molar-refractivity contribution in [2.45, 2.75) is 70.3 Å². The molecule has 3 N–H and O–H groups in total. The number of fused-ring (bicyclic) bond motifs is 2. The third kappa shape index (κ3) is 7.61. The van der Waals surface area contributed by atoms with Gasteiger partial charge in [0.25, 0.3) is 0 Å². The second-order valence-electron chi connectivity index (χ2n) is 11.4. The lowest BCUT2D eigenvalue weighted by molar-refractivity contribution is -0.147. The number of aryl methyl sites for hydroxylation is 1. The maximum Gasteiger partial charge on any atom is 0.302 e. The van der Waals surface area contributed by atoms with E-state index in [2.05, 4.69) is 12.2 Å². The Morgan fingerprint density at radius 2 is 1.78 bits per heavy atom. The van der Waals surface area contributed by atoms with Crippen molar-refractivity contribution < 1.29 is 39.1 Å². The number of esters is 1. The number of allylic oxidation sites excluding steroid dienone is 1. The molecule has 4 rings (SSSR count). The Balaban J connectivity index is 1.56. The van der Waals surface area contributed by atoms with E-state index >= 15 is 0 Å². The summed E-state index contributed by atoms with van der Waals surface area (Å²) in [5, 5.41) is 30.0. The number of aliphatic hydroxyl groups excluding tert-OH is 1. The molecule has 0 saturated heterocycles. The van der Waals surface area contributed by atoms with E-state index in [1.54, 1.807) is 24.3 Å². The molecule has 2 aromatic carbocycles. The summed E-state index contributed by atoms with van der Waals surface area (Å²) in [5.41, 5.74) is 2.76. The zero-order chi connectivity index (χ0) is 29.5. The average molecular weight is 567 g/mol. The minimum atomic E-state index is -0.582. The predicted molar refractivity (Wildman–Crippen MR) is 155 cm³/mol. The molecule has 2 aromatic rings. The smallest absolute Gasteiger partial charge is 0.302 e. The lowest BCUT2D eigenvalue weighted by Crippen LogP contribution is -2.31. The molecule has 0 amide bonds. The monoisotopic (exact) mass is 566 g/mol. The summed E-state index contributed by atoms with van der Waals surface area (Å²) in [6, 6.07) is 8.65. The van der Waals surface area contributed by atoms with Crippen molar-refractivity contribution in [3.8, 4) is 23.0 Å². The number of ether oxygens (including phenoxy) is 3. The molecule has 5 unspecified atom stereocenters. The third-order valence-corrected chi connectivity index (χ3v) is 8.66. The third-order valence-electron chi connectivity index (χ3n) is 8.66. The van der Waals surface area contributed by atoms with E-state index in [0.29, 0.717) is 30.3 Å². The van der Waals surface area contributed by atoms with Crippen LogP contribution in [0.2, 0.25) is 0 Å². The molecule has 8 heteroatoms. The molecule has 1 saturated carbocycles. The first kappa shape index (κ1) is 30.4. The lowest BCUT2D eigenvalue weighted by Gasteiger charge is -2.39. The summed E-state index contributed by atoms with van der Waals surface area (Å²) in [6.07, 6.45) is 8.73. The fourth-order valence-corrected chi connectivity index (χ4v) is 6.64. The van der Waals surface area contributed by atoms with Crippen molar-refractivity contribution >= 4 is 17.8 Å². The van der Waals surface area contributed by atoms with Crippen LogP contribution in [0.3, 0.4) is 0 Å². The van der Waals surface area contributed by atoms with Gasteiger partial charge in [-0.1, -0.05) is 18.2 Å². The van der Waals surface area contributed by atoms with Gasteiger partial charge in [-0.05, 0) is 103 Å². The van der Waals surface area contributed by atoms with E-state index in [4.69, 9.17) is 14.2 Å². The maximum atomic E-state index is 13.7. The van der Waals surface area contributed by atoms with Crippen LogP contribution in [0.5, 0.6) is 23.0 Å². The molecule has 41 heavy (non-hydrogen) atoms. The summed E-state index contributed by atoms with van der Waals surface area (Å²) < 4.78 is 16.2. The predicted octanol–water partition coefficient (Wildman–Crippen LogP) is 5.55. The van der Waals surface area contributed by atoms with Crippen LogP contribution in [0.1, 0.15) is 74.5 Å². The summed E-state index contributed by atoms with van der Waals surface area (Å²) >= 11 is 0. The minimum Gasteiger partial charge on any atom is -0.504 e. The Kier molecular flexibility index (Phi) is 10.3. The minimum absolute atomic E-state index is 0.00691. The number of aromatic hydroxyl groups is 2. The summed E-state index contributed by atoms with van der Waals surface area (Å²) in [4.78, 5) is 25.6. The molecular weight excluding hydrogens is 524 g/mol. The molecule has 222 valence electrons. The number of Topliss-reactive ketones (excluding diaryl/α,β-unsaturated/α-hetero) is 1. The van der Waals surface area contributed by atoms with Crippen LogP contribution in [-0.2, 0) is 20.7 Å². The highest BCUT2D eigenvalue weighted by molar-refractivity contribution is 5.81. The first-order valence-corrected chi connectivity index (χ1v) is 14.5. The summed E-state index contributed by atoms with van der Waals surface area (Å²) in [6.45, 7) is 1.50. The Hall–Kier alpha value is -3.52. The second-order valence-corrected chi connectivity index (χ2v) is 11.4. The fraction of sp³-hybridized carbons (Fsp3) is 0.515. The normalized spacial score (nSPS) is 22.1. The van der Waals surface area contributed by atoms with Crippen molar-refractivity contribution in [2.24, 2.45) is 17.8 Å². The molecule has 0 heterocycles.